The quantitative estimate of drug-likeness (QED) is 0.246. The number of carbonyl (C=O) groups is 1. The lowest BCUT2D eigenvalue weighted by atomic mass is 9.77. The molecule has 0 spiro atoms. The zero-order valence-corrected chi connectivity index (χ0v) is 19.7. The SMILES string of the molecule is C=CC1CCC(c2ccc(OC(=O)C3CCC(C4=CCC(OC)C(F)=C4)CC3)c(F)c2F)CC1. The van der Waals surface area contributed by atoms with Gasteiger partial charge in [0.2, 0.25) is 5.82 Å². The molecule has 34 heavy (non-hydrogen) atoms. The lowest BCUT2D eigenvalue weighted by molar-refractivity contribution is -0.140. The van der Waals surface area contributed by atoms with Gasteiger partial charge in [-0.25, -0.2) is 8.78 Å². The molecule has 4 rings (SSSR count). The second-order valence-corrected chi connectivity index (χ2v) is 9.79. The lowest BCUT2D eigenvalue weighted by Gasteiger charge is -2.30. The number of halogens is 3. The maximum atomic E-state index is 14.8. The Morgan fingerprint density at radius 2 is 1.65 bits per heavy atom. The zero-order chi connectivity index (χ0) is 24.2. The Morgan fingerprint density at radius 3 is 2.26 bits per heavy atom. The fourth-order valence-electron chi connectivity index (χ4n) is 5.62. The molecule has 2 fully saturated rings. The van der Waals surface area contributed by atoms with Crippen molar-refractivity contribution >= 4 is 5.97 Å². The van der Waals surface area contributed by atoms with Gasteiger partial charge in [0.1, 0.15) is 11.9 Å². The van der Waals surface area contributed by atoms with Crippen molar-refractivity contribution < 1.29 is 27.4 Å². The normalized spacial score (nSPS) is 29.7. The predicted molar refractivity (Wildman–Crippen MR) is 125 cm³/mol. The molecule has 0 aliphatic heterocycles. The first-order chi connectivity index (χ1) is 16.4. The summed E-state index contributed by atoms with van der Waals surface area (Å²) >= 11 is 0. The zero-order valence-electron chi connectivity index (χ0n) is 19.7. The Balaban J connectivity index is 1.33. The smallest absolute Gasteiger partial charge is 0.314 e. The molecule has 1 aromatic rings. The van der Waals surface area contributed by atoms with Crippen LogP contribution in [-0.2, 0) is 9.53 Å². The minimum Gasteiger partial charge on any atom is -0.423 e. The van der Waals surface area contributed by atoms with E-state index in [0.717, 1.165) is 44.1 Å². The molecule has 0 bridgehead atoms. The van der Waals surface area contributed by atoms with Gasteiger partial charge in [-0.05, 0) is 98.8 Å². The van der Waals surface area contributed by atoms with E-state index in [0.29, 0.717) is 30.7 Å². The number of benzene rings is 1. The van der Waals surface area contributed by atoms with E-state index in [1.165, 1.54) is 13.2 Å². The lowest BCUT2D eigenvalue weighted by Crippen LogP contribution is -2.27. The molecule has 1 aromatic carbocycles. The molecule has 184 valence electrons. The van der Waals surface area contributed by atoms with Crippen LogP contribution < -0.4 is 4.74 Å². The van der Waals surface area contributed by atoms with Crippen LogP contribution in [0.15, 0.2) is 48.3 Å². The molecular weight excluding hydrogens is 441 g/mol. The molecule has 3 nitrogen and oxygen atoms in total. The fraction of sp³-hybridized carbons (Fsp3) is 0.536. The number of rotatable bonds is 6. The summed E-state index contributed by atoms with van der Waals surface area (Å²) in [5.74, 6) is -2.95. The van der Waals surface area contributed by atoms with E-state index in [9.17, 15) is 18.0 Å². The number of allylic oxidation sites excluding steroid dienone is 3. The Morgan fingerprint density at radius 1 is 0.971 bits per heavy atom. The van der Waals surface area contributed by atoms with Gasteiger partial charge < -0.3 is 9.47 Å². The Kier molecular flexibility index (Phi) is 7.97. The molecule has 1 atom stereocenters. The van der Waals surface area contributed by atoms with Crippen LogP contribution in [0.3, 0.4) is 0 Å². The van der Waals surface area contributed by atoms with E-state index < -0.39 is 23.7 Å². The molecular formula is C28H33F3O3. The summed E-state index contributed by atoms with van der Waals surface area (Å²) in [6, 6.07) is 2.93. The molecule has 3 aliphatic carbocycles. The van der Waals surface area contributed by atoms with E-state index in [4.69, 9.17) is 9.47 Å². The average molecular weight is 475 g/mol. The second-order valence-electron chi connectivity index (χ2n) is 9.79. The van der Waals surface area contributed by atoms with Gasteiger partial charge in [0, 0.05) is 7.11 Å². The molecule has 0 radical (unpaired) electrons. The largest absolute Gasteiger partial charge is 0.423 e. The first-order valence-corrected chi connectivity index (χ1v) is 12.3. The van der Waals surface area contributed by atoms with Crippen LogP contribution in [0.2, 0.25) is 0 Å². The van der Waals surface area contributed by atoms with Crippen molar-refractivity contribution in [3.8, 4) is 5.75 Å². The summed E-state index contributed by atoms with van der Waals surface area (Å²) in [7, 11) is 1.49. The van der Waals surface area contributed by atoms with Gasteiger partial charge in [-0.2, -0.15) is 4.39 Å². The van der Waals surface area contributed by atoms with Gasteiger partial charge in [0.25, 0.3) is 0 Å². The molecule has 0 N–H and O–H groups in total. The standard InChI is InChI=1S/C28H33F3O3/c1-3-17-4-6-19(7-5-17)22-13-15-25(27(31)26(22)30)34-28(32)20-10-8-18(9-11-20)21-12-14-24(33-2)23(29)16-21/h3,12-13,15-20,24H,1,4-11,14H2,2H3. The van der Waals surface area contributed by atoms with Gasteiger partial charge in [-0.15, -0.1) is 6.58 Å². The van der Waals surface area contributed by atoms with Gasteiger partial charge in [-0.3, -0.25) is 4.79 Å². The maximum absolute atomic E-state index is 14.8. The number of methoxy groups -OCH3 is 1. The molecule has 2 saturated carbocycles. The second kappa shape index (κ2) is 10.9. The van der Waals surface area contributed by atoms with E-state index in [1.807, 2.05) is 12.2 Å². The van der Waals surface area contributed by atoms with Crippen LogP contribution in [0.25, 0.3) is 0 Å². The Bertz CT molecular complexity index is 967. The van der Waals surface area contributed by atoms with E-state index in [2.05, 4.69) is 6.58 Å². The van der Waals surface area contributed by atoms with Crippen LogP contribution in [0, 0.1) is 29.4 Å². The molecule has 3 aliphatic rings. The Hall–Kier alpha value is -2.34. The van der Waals surface area contributed by atoms with E-state index >= 15 is 0 Å². The summed E-state index contributed by atoms with van der Waals surface area (Å²) in [4.78, 5) is 12.7. The highest BCUT2D eigenvalue weighted by atomic mass is 19.2. The van der Waals surface area contributed by atoms with Crippen LogP contribution in [-0.4, -0.2) is 19.2 Å². The monoisotopic (exact) mass is 474 g/mol. The number of esters is 1. The summed E-state index contributed by atoms with van der Waals surface area (Å²) in [5, 5.41) is 0. The minimum absolute atomic E-state index is 0.0297. The average Bonchev–Trinajstić information content (AvgIpc) is 2.87. The number of hydrogen-bond donors (Lipinski definition) is 0. The Labute approximate surface area is 199 Å². The summed E-state index contributed by atoms with van der Waals surface area (Å²) in [5.41, 5.74) is 1.31. The fourth-order valence-corrected chi connectivity index (χ4v) is 5.62. The topological polar surface area (TPSA) is 35.5 Å². The third-order valence-corrected chi connectivity index (χ3v) is 7.83. The van der Waals surface area contributed by atoms with Crippen LogP contribution >= 0.6 is 0 Å². The van der Waals surface area contributed by atoms with E-state index in [1.54, 1.807) is 12.1 Å². The highest BCUT2D eigenvalue weighted by Gasteiger charge is 2.32. The summed E-state index contributed by atoms with van der Waals surface area (Å²) in [6.45, 7) is 3.82. The molecule has 0 heterocycles. The number of carbonyl (C=O) groups excluding carboxylic acids is 1. The molecule has 0 amide bonds. The third kappa shape index (κ3) is 5.32. The van der Waals surface area contributed by atoms with Gasteiger partial charge in [-0.1, -0.05) is 18.2 Å². The van der Waals surface area contributed by atoms with Gasteiger partial charge in [0.15, 0.2) is 11.6 Å². The van der Waals surface area contributed by atoms with Crippen molar-refractivity contribution in [1.29, 1.82) is 0 Å². The van der Waals surface area contributed by atoms with Crippen molar-refractivity contribution in [2.45, 2.75) is 69.8 Å². The first-order valence-electron chi connectivity index (χ1n) is 12.3. The summed E-state index contributed by atoms with van der Waals surface area (Å²) in [6.07, 6.45) is 11.5. The van der Waals surface area contributed by atoms with Gasteiger partial charge >= 0.3 is 5.97 Å². The van der Waals surface area contributed by atoms with E-state index in [-0.39, 0.29) is 29.3 Å². The van der Waals surface area contributed by atoms with Crippen molar-refractivity contribution in [2.24, 2.45) is 17.8 Å². The van der Waals surface area contributed by atoms with Crippen molar-refractivity contribution in [1.82, 2.24) is 0 Å². The van der Waals surface area contributed by atoms with Crippen LogP contribution in [0.5, 0.6) is 5.75 Å². The maximum Gasteiger partial charge on any atom is 0.314 e. The predicted octanol–water partition coefficient (Wildman–Crippen LogP) is 7.33. The van der Waals surface area contributed by atoms with Crippen LogP contribution in [0.1, 0.15) is 69.3 Å². The molecule has 0 saturated heterocycles. The molecule has 6 heteroatoms. The number of ether oxygens (including phenoxy) is 2. The van der Waals surface area contributed by atoms with Crippen molar-refractivity contribution in [3.63, 3.8) is 0 Å². The summed E-state index contributed by atoms with van der Waals surface area (Å²) < 4.78 is 54.1. The highest BCUT2D eigenvalue weighted by Crippen LogP contribution is 2.40. The first kappa shape index (κ1) is 24.8. The highest BCUT2D eigenvalue weighted by molar-refractivity contribution is 5.75. The number of hydrogen-bond acceptors (Lipinski definition) is 3. The van der Waals surface area contributed by atoms with Gasteiger partial charge in [0.05, 0.1) is 5.92 Å². The molecule has 1 unspecified atom stereocenters. The van der Waals surface area contributed by atoms with Crippen LogP contribution in [0.4, 0.5) is 13.2 Å². The third-order valence-electron chi connectivity index (χ3n) is 7.83. The minimum atomic E-state index is -1.09. The molecule has 0 aromatic heterocycles. The van der Waals surface area contributed by atoms with Crippen molar-refractivity contribution in [3.05, 3.63) is 65.5 Å². The van der Waals surface area contributed by atoms with Crippen molar-refractivity contribution in [2.75, 3.05) is 7.11 Å².